The number of nitrogen functional groups attached to an aromatic ring is 1. The maximum atomic E-state index is 13.1. The standard InChI is InChI=1S/C23H22N4O3/c1-13-8-16-20(9-14(13)2)30-22(24)17(21(16)28)12-27-6-5-18-15(11-27)10-25-23(26-18)19-4-3-7-29-19/h3-4,7-10H,5-6,11-12,24H2,1-2H3. The van der Waals surface area contributed by atoms with Gasteiger partial charge in [0.15, 0.2) is 22.9 Å². The molecule has 1 aliphatic rings. The van der Waals surface area contributed by atoms with Crippen LogP contribution in [0.2, 0.25) is 0 Å². The van der Waals surface area contributed by atoms with Gasteiger partial charge in [-0.2, -0.15) is 0 Å². The summed E-state index contributed by atoms with van der Waals surface area (Å²) in [4.78, 5) is 24.4. The number of hydrogen-bond donors (Lipinski definition) is 1. The highest BCUT2D eigenvalue weighted by molar-refractivity contribution is 5.80. The number of aromatic nitrogens is 2. The lowest BCUT2D eigenvalue weighted by Crippen LogP contribution is -2.33. The van der Waals surface area contributed by atoms with Crippen LogP contribution in [-0.2, 0) is 19.5 Å². The summed E-state index contributed by atoms with van der Waals surface area (Å²) in [6, 6.07) is 7.43. The van der Waals surface area contributed by atoms with Crippen molar-refractivity contribution in [2.75, 3.05) is 12.3 Å². The average molecular weight is 402 g/mol. The molecule has 5 rings (SSSR count). The summed E-state index contributed by atoms with van der Waals surface area (Å²) < 4.78 is 11.2. The molecule has 0 fully saturated rings. The van der Waals surface area contributed by atoms with Crippen LogP contribution in [0.3, 0.4) is 0 Å². The maximum absolute atomic E-state index is 13.1. The van der Waals surface area contributed by atoms with E-state index in [0.717, 1.165) is 35.3 Å². The Balaban J connectivity index is 1.43. The summed E-state index contributed by atoms with van der Waals surface area (Å²) in [5, 5.41) is 0.575. The average Bonchev–Trinajstić information content (AvgIpc) is 3.27. The number of aryl methyl sites for hydroxylation is 2. The van der Waals surface area contributed by atoms with E-state index < -0.39 is 0 Å². The first-order valence-corrected chi connectivity index (χ1v) is 9.93. The van der Waals surface area contributed by atoms with Crippen LogP contribution in [0.25, 0.3) is 22.6 Å². The summed E-state index contributed by atoms with van der Waals surface area (Å²) in [7, 11) is 0. The van der Waals surface area contributed by atoms with E-state index >= 15 is 0 Å². The van der Waals surface area contributed by atoms with Crippen molar-refractivity contribution in [3.05, 3.63) is 74.9 Å². The number of anilines is 1. The molecule has 1 aromatic carbocycles. The molecule has 0 unspecified atom stereocenters. The van der Waals surface area contributed by atoms with Gasteiger partial charge in [0.2, 0.25) is 0 Å². The van der Waals surface area contributed by atoms with Gasteiger partial charge in [0, 0.05) is 37.8 Å². The molecule has 7 nitrogen and oxygen atoms in total. The zero-order chi connectivity index (χ0) is 20.8. The highest BCUT2D eigenvalue weighted by Crippen LogP contribution is 2.25. The molecule has 0 saturated carbocycles. The molecule has 152 valence electrons. The van der Waals surface area contributed by atoms with Crippen molar-refractivity contribution in [2.45, 2.75) is 33.4 Å². The van der Waals surface area contributed by atoms with E-state index in [1.807, 2.05) is 44.3 Å². The van der Waals surface area contributed by atoms with E-state index in [-0.39, 0.29) is 11.3 Å². The van der Waals surface area contributed by atoms with Crippen LogP contribution in [-0.4, -0.2) is 21.4 Å². The smallest absolute Gasteiger partial charge is 0.199 e. The fraction of sp³-hybridized carbons (Fsp3) is 0.261. The predicted molar refractivity (Wildman–Crippen MR) is 114 cm³/mol. The van der Waals surface area contributed by atoms with E-state index in [1.54, 1.807) is 6.26 Å². The summed E-state index contributed by atoms with van der Waals surface area (Å²) in [5.74, 6) is 1.44. The van der Waals surface area contributed by atoms with Crippen molar-refractivity contribution in [1.29, 1.82) is 0 Å². The van der Waals surface area contributed by atoms with Crippen molar-refractivity contribution < 1.29 is 8.83 Å². The third-order valence-electron chi connectivity index (χ3n) is 5.77. The minimum Gasteiger partial charge on any atom is -0.461 e. The fourth-order valence-corrected chi connectivity index (χ4v) is 3.91. The van der Waals surface area contributed by atoms with Gasteiger partial charge in [-0.25, -0.2) is 9.97 Å². The van der Waals surface area contributed by atoms with Gasteiger partial charge in [0.25, 0.3) is 0 Å². The molecule has 0 bridgehead atoms. The molecule has 0 spiro atoms. The normalized spacial score (nSPS) is 14.2. The molecule has 30 heavy (non-hydrogen) atoms. The monoisotopic (exact) mass is 402 g/mol. The molecule has 4 aromatic rings. The Morgan fingerprint density at radius 1 is 1.23 bits per heavy atom. The molecule has 0 amide bonds. The summed E-state index contributed by atoms with van der Waals surface area (Å²) in [6.45, 7) is 5.83. The lowest BCUT2D eigenvalue weighted by atomic mass is 10.0. The third-order valence-corrected chi connectivity index (χ3v) is 5.77. The largest absolute Gasteiger partial charge is 0.461 e. The second-order valence-corrected chi connectivity index (χ2v) is 7.81. The van der Waals surface area contributed by atoms with E-state index in [0.29, 0.717) is 41.2 Å². The van der Waals surface area contributed by atoms with Gasteiger partial charge in [0.05, 0.1) is 22.9 Å². The van der Waals surface area contributed by atoms with Crippen LogP contribution >= 0.6 is 0 Å². The van der Waals surface area contributed by atoms with E-state index in [4.69, 9.17) is 14.6 Å². The van der Waals surface area contributed by atoms with Crippen molar-refractivity contribution in [2.24, 2.45) is 0 Å². The van der Waals surface area contributed by atoms with Gasteiger partial charge in [-0.15, -0.1) is 0 Å². The van der Waals surface area contributed by atoms with Crippen LogP contribution in [0.1, 0.15) is 27.9 Å². The maximum Gasteiger partial charge on any atom is 0.199 e. The van der Waals surface area contributed by atoms with E-state index in [9.17, 15) is 4.79 Å². The number of benzene rings is 1. The van der Waals surface area contributed by atoms with Crippen molar-refractivity contribution in [1.82, 2.24) is 14.9 Å². The first-order valence-electron chi connectivity index (χ1n) is 9.93. The molecule has 0 atom stereocenters. The first-order chi connectivity index (χ1) is 14.5. The van der Waals surface area contributed by atoms with Gasteiger partial charge < -0.3 is 14.6 Å². The van der Waals surface area contributed by atoms with Crippen molar-refractivity contribution in [3.8, 4) is 11.6 Å². The van der Waals surface area contributed by atoms with Crippen LogP contribution in [0, 0.1) is 13.8 Å². The van der Waals surface area contributed by atoms with E-state index in [2.05, 4.69) is 14.9 Å². The molecule has 0 radical (unpaired) electrons. The van der Waals surface area contributed by atoms with Crippen LogP contribution < -0.4 is 11.2 Å². The van der Waals surface area contributed by atoms with Crippen LogP contribution in [0.5, 0.6) is 0 Å². The molecule has 7 heteroatoms. The van der Waals surface area contributed by atoms with Gasteiger partial charge in [-0.3, -0.25) is 9.69 Å². The molecule has 1 aliphatic heterocycles. The highest BCUT2D eigenvalue weighted by atomic mass is 16.3. The molecular formula is C23H22N4O3. The van der Waals surface area contributed by atoms with Crippen LogP contribution in [0.4, 0.5) is 5.88 Å². The Hall–Kier alpha value is -3.45. The molecule has 0 aliphatic carbocycles. The van der Waals surface area contributed by atoms with Gasteiger partial charge in [0.1, 0.15) is 5.58 Å². The lowest BCUT2D eigenvalue weighted by Gasteiger charge is -2.28. The Morgan fingerprint density at radius 3 is 2.87 bits per heavy atom. The minimum atomic E-state index is -0.0629. The minimum absolute atomic E-state index is 0.0629. The zero-order valence-corrected chi connectivity index (χ0v) is 16.9. The topological polar surface area (TPSA) is 98.4 Å². The number of furan rings is 1. The number of nitrogens with two attached hydrogens (primary N) is 1. The Labute approximate surface area is 173 Å². The van der Waals surface area contributed by atoms with E-state index in [1.165, 1.54) is 0 Å². The molecule has 2 N–H and O–H groups in total. The van der Waals surface area contributed by atoms with Gasteiger partial charge in [-0.1, -0.05) is 0 Å². The summed E-state index contributed by atoms with van der Waals surface area (Å²) >= 11 is 0. The van der Waals surface area contributed by atoms with Crippen LogP contribution in [0.15, 0.2) is 50.4 Å². The van der Waals surface area contributed by atoms with Crippen molar-refractivity contribution >= 4 is 16.9 Å². The highest BCUT2D eigenvalue weighted by Gasteiger charge is 2.22. The fourth-order valence-electron chi connectivity index (χ4n) is 3.91. The third kappa shape index (κ3) is 3.17. The van der Waals surface area contributed by atoms with Gasteiger partial charge in [-0.05, 0) is 49.2 Å². The molecule has 4 heterocycles. The molecular weight excluding hydrogens is 380 g/mol. The van der Waals surface area contributed by atoms with Gasteiger partial charge >= 0.3 is 0 Å². The lowest BCUT2D eigenvalue weighted by molar-refractivity contribution is 0.241. The molecule has 3 aromatic heterocycles. The second kappa shape index (κ2) is 7.11. The summed E-state index contributed by atoms with van der Waals surface area (Å²) in [6.07, 6.45) is 4.22. The predicted octanol–water partition coefficient (Wildman–Crippen LogP) is 3.60. The first kappa shape index (κ1) is 18.6. The second-order valence-electron chi connectivity index (χ2n) is 7.81. The zero-order valence-electron chi connectivity index (χ0n) is 16.9. The Morgan fingerprint density at radius 2 is 2.07 bits per heavy atom. The SMILES string of the molecule is Cc1cc2oc(N)c(CN3CCc4nc(-c5ccco5)ncc4C3)c(=O)c2cc1C. The summed E-state index contributed by atoms with van der Waals surface area (Å²) in [5.41, 5.74) is 11.3. The number of nitrogens with zero attached hydrogens (tertiary/aromatic N) is 3. The number of hydrogen-bond acceptors (Lipinski definition) is 7. The quantitative estimate of drug-likeness (QED) is 0.559. The Bertz CT molecular complexity index is 1310. The molecule has 0 saturated heterocycles. The van der Waals surface area contributed by atoms with Crippen molar-refractivity contribution in [3.63, 3.8) is 0 Å². The number of rotatable bonds is 3. The Kier molecular flexibility index (Phi) is 4.40. The number of fused-ring (bicyclic) bond motifs is 2.